The number of carbonyl (C=O) groups excluding carboxylic acids is 1. The molecule has 1 amide bonds. The summed E-state index contributed by atoms with van der Waals surface area (Å²) in [5.74, 6) is 0.0622. The Bertz CT molecular complexity index is 405. The van der Waals surface area contributed by atoms with Gasteiger partial charge in [0.05, 0.1) is 0 Å². The fraction of sp³-hybridized carbons (Fsp3) is 0.500. The van der Waals surface area contributed by atoms with Gasteiger partial charge in [-0.1, -0.05) is 23.7 Å². The molecule has 1 aromatic carbocycles. The maximum absolute atomic E-state index is 11.1. The Balaban J connectivity index is 1.89. The van der Waals surface area contributed by atoms with Gasteiger partial charge in [-0.15, -0.1) is 0 Å². The summed E-state index contributed by atoms with van der Waals surface area (Å²) < 4.78 is 0. The van der Waals surface area contributed by atoms with Gasteiger partial charge in [0.15, 0.2) is 0 Å². The third-order valence-electron chi connectivity index (χ3n) is 3.30. The topological polar surface area (TPSA) is 41.1 Å². The molecule has 2 unspecified atom stereocenters. The van der Waals surface area contributed by atoms with Gasteiger partial charge < -0.3 is 10.6 Å². The summed E-state index contributed by atoms with van der Waals surface area (Å²) >= 11 is 5.87. The Morgan fingerprint density at radius 1 is 1.44 bits per heavy atom. The van der Waals surface area contributed by atoms with Gasteiger partial charge in [-0.2, -0.15) is 0 Å². The number of carbonyl (C=O) groups is 1. The van der Waals surface area contributed by atoms with E-state index >= 15 is 0 Å². The number of rotatable bonds is 3. The molecule has 3 nitrogen and oxygen atoms in total. The van der Waals surface area contributed by atoms with Crippen LogP contribution in [-0.4, -0.2) is 24.5 Å². The van der Waals surface area contributed by atoms with E-state index in [4.69, 9.17) is 11.6 Å². The zero-order valence-corrected chi connectivity index (χ0v) is 11.3. The Morgan fingerprint density at radius 2 is 2.17 bits per heavy atom. The van der Waals surface area contributed by atoms with Crippen LogP contribution >= 0.6 is 11.6 Å². The second-order valence-electron chi connectivity index (χ2n) is 4.90. The van der Waals surface area contributed by atoms with Gasteiger partial charge in [0.2, 0.25) is 5.91 Å². The van der Waals surface area contributed by atoms with Gasteiger partial charge >= 0.3 is 0 Å². The van der Waals surface area contributed by atoms with E-state index in [-0.39, 0.29) is 5.91 Å². The normalized spacial score (nSPS) is 23.7. The highest BCUT2D eigenvalue weighted by Crippen LogP contribution is 2.15. The number of hydrogen-bond donors (Lipinski definition) is 2. The van der Waals surface area contributed by atoms with Crippen LogP contribution in [0.3, 0.4) is 0 Å². The lowest BCUT2D eigenvalue weighted by Crippen LogP contribution is -2.48. The fourth-order valence-electron chi connectivity index (χ4n) is 2.49. The molecule has 4 heteroatoms. The minimum Gasteiger partial charge on any atom is -0.354 e. The van der Waals surface area contributed by atoms with Crippen molar-refractivity contribution in [3.8, 4) is 0 Å². The summed E-state index contributed by atoms with van der Waals surface area (Å²) in [5, 5.41) is 7.28. The first-order valence-electron chi connectivity index (χ1n) is 6.38. The van der Waals surface area contributed by atoms with Crippen LogP contribution < -0.4 is 10.6 Å². The van der Waals surface area contributed by atoms with Crippen LogP contribution in [-0.2, 0) is 11.2 Å². The molecule has 0 radical (unpaired) electrons. The van der Waals surface area contributed by atoms with Gasteiger partial charge in [0.1, 0.15) is 0 Å². The molecule has 1 saturated heterocycles. The van der Waals surface area contributed by atoms with E-state index in [0.717, 1.165) is 30.8 Å². The quantitative estimate of drug-likeness (QED) is 0.880. The molecule has 0 saturated carbocycles. The highest BCUT2D eigenvalue weighted by atomic mass is 35.5. The lowest BCUT2D eigenvalue weighted by atomic mass is 9.94. The van der Waals surface area contributed by atoms with E-state index < -0.39 is 0 Å². The Labute approximate surface area is 113 Å². The van der Waals surface area contributed by atoms with Crippen LogP contribution in [0.15, 0.2) is 24.3 Å². The number of piperidine rings is 1. The molecule has 1 aliphatic rings. The average Bonchev–Trinajstić information content (AvgIpc) is 2.32. The maximum Gasteiger partial charge on any atom is 0.217 e. The molecule has 1 aliphatic heterocycles. The van der Waals surface area contributed by atoms with Crippen LogP contribution in [0.1, 0.15) is 25.3 Å². The minimum absolute atomic E-state index is 0.0622. The fourth-order valence-corrected chi connectivity index (χ4v) is 2.61. The van der Waals surface area contributed by atoms with Gasteiger partial charge in [-0.25, -0.2) is 0 Å². The smallest absolute Gasteiger partial charge is 0.217 e. The standard InChI is InChI=1S/C14H19ClN2O/c1-10(18)17-13-6-7-16-14(9-13)8-11-2-4-12(15)5-3-11/h2-5,13-14,16H,6-9H2,1H3,(H,17,18). The lowest BCUT2D eigenvalue weighted by molar-refractivity contribution is -0.119. The van der Waals surface area contributed by atoms with Crippen LogP contribution in [0.25, 0.3) is 0 Å². The van der Waals surface area contributed by atoms with Crippen molar-refractivity contribution in [2.24, 2.45) is 0 Å². The molecule has 2 atom stereocenters. The minimum atomic E-state index is 0.0622. The molecule has 2 N–H and O–H groups in total. The predicted octanol–water partition coefficient (Wildman–Crippen LogP) is 2.14. The summed E-state index contributed by atoms with van der Waals surface area (Å²) in [6, 6.07) is 8.70. The van der Waals surface area contributed by atoms with E-state index in [1.165, 1.54) is 5.56 Å². The van der Waals surface area contributed by atoms with Crippen LogP contribution in [0.2, 0.25) is 5.02 Å². The summed E-state index contributed by atoms with van der Waals surface area (Å²) in [6.07, 6.45) is 2.98. The first-order chi connectivity index (χ1) is 8.63. The van der Waals surface area contributed by atoms with Gasteiger partial charge in [0.25, 0.3) is 0 Å². The molecule has 0 spiro atoms. The van der Waals surface area contributed by atoms with Crippen LogP contribution in [0, 0.1) is 0 Å². The molecular formula is C14H19ClN2O. The molecule has 1 aromatic rings. The first kappa shape index (κ1) is 13.4. The van der Waals surface area contributed by atoms with Gasteiger partial charge in [0, 0.05) is 24.0 Å². The number of amides is 1. The number of nitrogens with one attached hydrogen (secondary N) is 2. The number of halogens is 1. The summed E-state index contributed by atoms with van der Waals surface area (Å²) in [4.78, 5) is 11.1. The largest absolute Gasteiger partial charge is 0.354 e. The van der Waals surface area contributed by atoms with Crippen molar-refractivity contribution in [2.45, 2.75) is 38.3 Å². The Kier molecular flexibility index (Phi) is 4.61. The molecule has 98 valence electrons. The summed E-state index contributed by atoms with van der Waals surface area (Å²) in [6.45, 7) is 2.54. The Morgan fingerprint density at radius 3 is 2.83 bits per heavy atom. The highest BCUT2D eigenvalue weighted by molar-refractivity contribution is 6.30. The predicted molar refractivity (Wildman–Crippen MR) is 73.8 cm³/mol. The van der Waals surface area contributed by atoms with E-state index in [0.29, 0.717) is 12.1 Å². The van der Waals surface area contributed by atoms with Gasteiger partial charge in [-0.05, 0) is 43.5 Å². The highest BCUT2D eigenvalue weighted by Gasteiger charge is 2.21. The van der Waals surface area contributed by atoms with Crippen LogP contribution in [0.4, 0.5) is 0 Å². The zero-order valence-electron chi connectivity index (χ0n) is 10.6. The van der Waals surface area contributed by atoms with Crippen molar-refractivity contribution in [3.63, 3.8) is 0 Å². The third-order valence-corrected chi connectivity index (χ3v) is 3.55. The zero-order chi connectivity index (χ0) is 13.0. The maximum atomic E-state index is 11.1. The van der Waals surface area contributed by atoms with Crippen LogP contribution in [0.5, 0.6) is 0 Å². The molecule has 1 fully saturated rings. The number of benzene rings is 1. The molecule has 0 aromatic heterocycles. The molecule has 2 rings (SSSR count). The van der Waals surface area contributed by atoms with E-state index in [2.05, 4.69) is 22.8 Å². The van der Waals surface area contributed by atoms with Crippen molar-refractivity contribution in [2.75, 3.05) is 6.54 Å². The van der Waals surface area contributed by atoms with Crippen molar-refractivity contribution in [1.29, 1.82) is 0 Å². The van der Waals surface area contributed by atoms with Crippen molar-refractivity contribution in [3.05, 3.63) is 34.9 Å². The van der Waals surface area contributed by atoms with Crippen molar-refractivity contribution >= 4 is 17.5 Å². The van der Waals surface area contributed by atoms with E-state index in [1.54, 1.807) is 6.92 Å². The monoisotopic (exact) mass is 266 g/mol. The molecule has 18 heavy (non-hydrogen) atoms. The molecule has 1 heterocycles. The van der Waals surface area contributed by atoms with E-state index in [9.17, 15) is 4.79 Å². The Hall–Kier alpha value is -1.06. The summed E-state index contributed by atoms with van der Waals surface area (Å²) in [7, 11) is 0. The van der Waals surface area contributed by atoms with Gasteiger partial charge in [-0.3, -0.25) is 4.79 Å². The lowest BCUT2D eigenvalue weighted by Gasteiger charge is -2.30. The summed E-state index contributed by atoms with van der Waals surface area (Å²) in [5.41, 5.74) is 1.28. The second-order valence-corrected chi connectivity index (χ2v) is 5.34. The van der Waals surface area contributed by atoms with E-state index in [1.807, 2.05) is 12.1 Å². The second kappa shape index (κ2) is 6.21. The first-order valence-corrected chi connectivity index (χ1v) is 6.76. The van der Waals surface area contributed by atoms with Crippen molar-refractivity contribution in [1.82, 2.24) is 10.6 Å². The number of hydrogen-bond acceptors (Lipinski definition) is 2. The molecule has 0 bridgehead atoms. The SMILES string of the molecule is CC(=O)NC1CCNC(Cc2ccc(Cl)cc2)C1. The molecular weight excluding hydrogens is 248 g/mol. The third kappa shape index (κ3) is 4.00. The average molecular weight is 267 g/mol. The molecule has 0 aliphatic carbocycles. The van der Waals surface area contributed by atoms with Crippen molar-refractivity contribution < 1.29 is 4.79 Å².